The van der Waals surface area contributed by atoms with E-state index in [1.54, 1.807) is 13.0 Å². The van der Waals surface area contributed by atoms with Crippen molar-refractivity contribution in [2.24, 2.45) is 0 Å². The molecule has 0 radical (unpaired) electrons. The lowest BCUT2D eigenvalue weighted by Crippen LogP contribution is -2.19. The van der Waals surface area contributed by atoms with Crippen LogP contribution in [0.1, 0.15) is 16.2 Å². The third kappa shape index (κ3) is 1.92. The number of rotatable bonds is 1. The molecule has 1 heterocycles. The zero-order valence-corrected chi connectivity index (χ0v) is 7.51. The van der Waals surface area contributed by atoms with Crippen LogP contribution in [0.3, 0.4) is 0 Å². The Kier molecular flexibility index (Phi) is 2.60. The summed E-state index contributed by atoms with van der Waals surface area (Å²) >= 11 is 5.55. The van der Waals surface area contributed by atoms with Crippen LogP contribution in [-0.2, 0) is 0 Å². The number of halogens is 1. The van der Waals surface area contributed by atoms with E-state index < -0.39 is 0 Å². The molecule has 0 fully saturated rings. The summed E-state index contributed by atoms with van der Waals surface area (Å²) in [6.45, 7) is 1.75. The third-order valence-corrected chi connectivity index (χ3v) is 1.46. The molecular weight excluding hydrogens is 178 g/mol. The standard InChI is InChI=1S/C7H8ClN3O/c1-4-3-5(6(12)9-2)11-7(8)10-4/h3H,1-2H3,(H,9,12). The van der Waals surface area contributed by atoms with Gasteiger partial charge in [-0.15, -0.1) is 0 Å². The minimum Gasteiger partial charge on any atom is -0.354 e. The first kappa shape index (κ1) is 8.93. The van der Waals surface area contributed by atoms with Crippen molar-refractivity contribution in [3.05, 3.63) is 22.7 Å². The van der Waals surface area contributed by atoms with E-state index in [-0.39, 0.29) is 16.9 Å². The molecule has 0 aliphatic carbocycles. The second-order valence-electron chi connectivity index (χ2n) is 2.24. The molecule has 0 bridgehead atoms. The number of aromatic nitrogens is 2. The summed E-state index contributed by atoms with van der Waals surface area (Å²) in [5.41, 5.74) is 0.962. The molecule has 0 saturated heterocycles. The quantitative estimate of drug-likeness (QED) is 0.659. The van der Waals surface area contributed by atoms with Crippen LogP contribution in [0.15, 0.2) is 6.07 Å². The van der Waals surface area contributed by atoms with Crippen molar-refractivity contribution in [2.75, 3.05) is 7.05 Å². The van der Waals surface area contributed by atoms with Gasteiger partial charge < -0.3 is 5.32 Å². The fourth-order valence-corrected chi connectivity index (χ4v) is 1.00. The van der Waals surface area contributed by atoms with Gasteiger partial charge in [-0.3, -0.25) is 4.79 Å². The van der Waals surface area contributed by atoms with E-state index in [0.717, 1.165) is 0 Å². The highest BCUT2D eigenvalue weighted by atomic mass is 35.5. The van der Waals surface area contributed by atoms with Crippen molar-refractivity contribution in [1.82, 2.24) is 15.3 Å². The number of amides is 1. The van der Waals surface area contributed by atoms with Gasteiger partial charge in [0.05, 0.1) is 0 Å². The predicted molar refractivity (Wildman–Crippen MR) is 45.2 cm³/mol. The van der Waals surface area contributed by atoms with Gasteiger partial charge in [0.2, 0.25) is 5.28 Å². The maximum absolute atomic E-state index is 11.1. The Labute approximate surface area is 75.0 Å². The van der Waals surface area contributed by atoms with Gasteiger partial charge in [0.25, 0.3) is 5.91 Å². The average molecular weight is 186 g/mol. The molecule has 1 amide bonds. The fraction of sp³-hybridized carbons (Fsp3) is 0.286. The van der Waals surface area contributed by atoms with Gasteiger partial charge in [-0.1, -0.05) is 0 Å². The molecule has 0 aliphatic rings. The molecule has 64 valence electrons. The van der Waals surface area contributed by atoms with Crippen molar-refractivity contribution in [3.8, 4) is 0 Å². The molecular formula is C7H8ClN3O. The van der Waals surface area contributed by atoms with Crippen molar-refractivity contribution in [2.45, 2.75) is 6.92 Å². The van der Waals surface area contributed by atoms with E-state index in [1.165, 1.54) is 7.05 Å². The first-order chi connectivity index (χ1) is 5.63. The summed E-state index contributed by atoms with van der Waals surface area (Å²) < 4.78 is 0. The summed E-state index contributed by atoms with van der Waals surface area (Å²) in [6, 6.07) is 1.57. The van der Waals surface area contributed by atoms with E-state index in [2.05, 4.69) is 15.3 Å². The lowest BCUT2D eigenvalue weighted by molar-refractivity contribution is 0.0958. The Morgan fingerprint density at radius 2 is 2.25 bits per heavy atom. The molecule has 1 N–H and O–H groups in total. The van der Waals surface area contributed by atoms with Gasteiger partial charge in [0, 0.05) is 12.7 Å². The van der Waals surface area contributed by atoms with Crippen molar-refractivity contribution in [3.63, 3.8) is 0 Å². The van der Waals surface area contributed by atoms with Crippen LogP contribution < -0.4 is 5.32 Å². The monoisotopic (exact) mass is 185 g/mol. The summed E-state index contributed by atoms with van der Waals surface area (Å²) in [5, 5.41) is 2.54. The van der Waals surface area contributed by atoms with Crippen LogP contribution in [0.4, 0.5) is 0 Å². The number of carbonyl (C=O) groups excluding carboxylic acids is 1. The first-order valence-corrected chi connectivity index (χ1v) is 3.74. The van der Waals surface area contributed by atoms with Gasteiger partial charge in [0.15, 0.2) is 0 Å². The van der Waals surface area contributed by atoms with Crippen molar-refractivity contribution < 1.29 is 4.79 Å². The minimum absolute atomic E-state index is 0.0913. The molecule has 0 aromatic carbocycles. The summed E-state index contributed by atoms with van der Waals surface area (Å²) in [5.74, 6) is -0.262. The molecule has 0 aliphatic heterocycles. The van der Waals surface area contributed by atoms with Gasteiger partial charge in [0.1, 0.15) is 5.69 Å². The zero-order valence-electron chi connectivity index (χ0n) is 6.76. The number of aryl methyl sites for hydroxylation is 1. The van der Waals surface area contributed by atoms with Crippen LogP contribution in [0, 0.1) is 6.92 Å². The summed E-state index contributed by atoms with van der Waals surface area (Å²) in [6.07, 6.45) is 0. The van der Waals surface area contributed by atoms with Crippen molar-refractivity contribution in [1.29, 1.82) is 0 Å². The predicted octanol–water partition coefficient (Wildman–Crippen LogP) is 0.798. The van der Waals surface area contributed by atoms with Gasteiger partial charge in [-0.2, -0.15) is 0 Å². The number of carbonyl (C=O) groups is 1. The smallest absolute Gasteiger partial charge is 0.269 e. The topological polar surface area (TPSA) is 54.9 Å². The molecule has 0 unspecified atom stereocenters. The summed E-state index contributed by atoms with van der Waals surface area (Å²) in [7, 11) is 1.54. The normalized spacial score (nSPS) is 9.58. The SMILES string of the molecule is CNC(=O)c1cc(C)nc(Cl)n1. The first-order valence-electron chi connectivity index (χ1n) is 3.36. The van der Waals surface area contributed by atoms with E-state index in [0.29, 0.717) is 5.69 Å². The lowest BCUT2D eigenvalue weighted by Gasteiger charge is -1.99. The van der Waals surface area contributed by atoms with E-state index in [1.807, 2.05) is 0 Å². The van der Waals surface area contributed by atoms with Gasteiger partial charge in [-0.05, 0) is 24.6 Å². The van der Waals surface area contributed by atoms with Gasteiger partial charge in [-0.25, -0.2) is 9.97 Å². The molecule has 12 heavy (non-hydrogen) atoms. The Morgan fingerprint density at radius 3 is 2.75 bits per heavy atom. The highest BCUT2D eigenvalue weighted by molar-refractivity contribution is 6.28. The molecule has 0 spiro atoms. The number of hydrogen-bond acceptors (Lipinski definition) is 3. The second kappa shape index (κ2) is 3.49. The van der Waals surface area contributed by atoms with Gasteiger partial charge >= 0.3 is 0 Å². The van der Waals surface area contributed by atoms with Crippen LogP contribution in [-0.4, -0.2) is 22.9 Å². The average Bonchev–Trinajstić information content (AvgIpc) is 2.01. The van der Waals surface area contributed by atoms with Crippen molar-refractivity contribution >= 4 is 17.5 Å². The highest BCUT2D eigenvalue weighted by Crippen LogP contribution is 2.04. The molecule has 1 aromatic rings. The van der Waals surface area contributed by atoms with E-state index in [9.17, 15) is 4.79 Å². The maximum atomic E-state index is 11.1. The minimum atomic E-state index is -0.262. The van der Waals surface area contributed by atoms with Crippen LogP contribution in [0.25, 0.3) is 0 Å². The molecule has 0 saturated carbocycles. The van der Waals surface area contributed by atoms with Crippen LogP contribution in [0.5, 0.6) is 0 Å². The fourth-order valence-electron chi connectivity index (χ4n) is 0.777. The Bertz CT molecular complexity index is 293. The third-order valence-electron chi connectivity index (χ3n) is 1.29. The number of nitrogens with one attached hydrogen (secondary N) is 1. The van der Waals surface area contributed by atoms with Crippen LogP contribution >= 0.6 is 11.6 Å². The lowest BCUT2D eigenvalue weighted by atomic mass is 10.3. The van der Waals surface area contributed by atoms with Crippen LogP contribution in [0.2, 0.25) is 5.28 Å². The highest BCUT2D eigenvalue weighted by Gasteiger charge is 2.06. The molecule has 5 heteroatoms. The molecule has 1 rings (SSSR count). The molecule has 0 atom stereocenters. The Morgan fingerprint density at radius 1 is 1.58 bits per heavy atom. The Balaban J connectivity index is 3.08. The summed E-state index contributed by atoms with van der Waals surface area (Å²) in [4.78, 5) is 18.6. The molecule has 1 aromatic heterocycles. The maximum Gasteiger partial charge on any atom is 0.269 e. The number of hydrogen-bond donors (Lipinski definition) is 1. The largest absolute Gasteiger partial charge is 0.354 e. The Hall–Kier alpha value is -1.16. The zero-order chi connectivity index (χ0) is 9.14. The molecule has 4 nitrogen and oxygen atoms in total. The van der Waals surface area contributed by atoms with E-state index >= 15 is 0 Å². The number of nitrogens with zero attached hydrogens (tertiary/aromatic N) is 2. The second-order valence-corrected chi connectivity index (χ2v) is 2.58. The van der Waals surface area contributed by atoms with E-state index in [4.69, 9.17) is 11.6 Å².